The van der Waals surface area contributed by atoms with Crippen LogP contribution in [0.1, 0.15) is 32.6 Å². The molecule has 9 heteroatoms. The minimum Gasteiger partial charge on any atom is -0.298 e. The van der Waals surface area contributed by atoms with Gasteiger partial charge in [-0.3, -0.25) is 9.36 Å². The number of rotatable bonds is 6. The van der Waals surface area contributed by atoms with Gasteiger partial charge < -0.3 is 0 Å². The van der Waals surface area contributed by atoms with E-state index in [2.05, 4.69) is 4.98 Å². The number of hydrogen-bond donors (Lipinski definition) is 0. The zero-order valence-electron chi connectivity index (χ0n) is 17.1. The van der Waals surface area contributed by atoms with Crippen LogP contribution in [0, 0.1) is 5.92 Å². The molecule has 0 spiro atoms. The van der Waals surface area contributed by atoms with Crippen LogP contribution in [0.15, 0.2) is 52.2 Å². The Morgan fingerprint density at radius 2 is 1.63 bits per heavy atom. The molecule has 1 aromatic heterocycles. The second-order valence-corrected chi connectivity index (χ2v) is 10.4. The van der Waals surface area contributed by atoms with Crippen LogP contribution in [0.2, 0.25) is 10.0 Å². The van der Waals surface area contributed by atoms with Gasteiger partial charge in [-0.25, -0.2) is 13.4 Å². The largest absolute Gasteiger partial charge is 0.298 e. The van der Waals surface area contributed by atoms with Crippen molar-refractivity contribution in [2.24, 2.45) is 13.0 Å². The summed E-state index contributed by atoms with van der Waals surface area (Å²) < 4.78 is 29.7. The van der Waals surface area contributed by atoms with Gasteiger partial charge in [0.25, 0.3) is 5.56 Å². The molecule has 0 saturated heterocycles. The van der Waals surface area contributed by atoms with Crippen molar-refractivity contribution in [2.45, 2.75) is 31.7 Å². The third-order valence-electron chi connectivity index (χ3n) is 4.84. The van der Waals surface area contributed by atoms with Crippen molar-refractivity contribution in [3.8, 4) is 0 Å². The monoisotopic (exact) mass is 467 g/mol. The highest BCUT2D eigenvalue weighted by atomic mass is 35.5. The lowest BCUT2D eigenvalue weighted by atomic mass is 10.2. The van der Waals surface area contributed by atoms with Gasteiger partial charge in [-0.2, -0.15) is 4.31 Å². The van der Waals surface area contributed by atoms with Gasteiger partial charge in [0.2, 0.25) is 10.0 Å². The number of hydrogen-bond acceptors (Lipinski definition) is 4. The fourth-order valence-electron chi connectivity index (χ4n) is 3.33. The van der Waals surface area contributed by atoms with Crippen molar-refractivity contribution in [2.75, 3.05) is 6.54 Å². The standard InChI is InChI=1S/C21H23Cl2N3O3S/c1-13(2)12-26(30(28,29)17-8-5-15(22)6-9-17)14(3)20-24-19-11-16(23)7-10-18(19)21(27)25(20)4/h5-11,13-14H,12H2,1-4H3. The first-order valence-electron chi connectivity index (χ1n) is 9.46. The predicted octanol–water partition coefficient (Wildman–Crippen LogP) is 4.65. The van der Waals surface area contributed by atoms with E-state index in [1.807, 2.05) is 13.8 Å². The lowest BCUT2D eigenvalue weighted by molar-refractivity contribution is 0.294. The molecule has 0 saturated carbocycles. The summed E-state index contributed by atoms with van der Waals surface area (Å²) in [5.74, 6) is 0.398. The van der Waals surface area contributed by atoms with Crippen LogP contribution < -0.4 is 5.56 Å². The Bertz CT molecular complexity index is 1240. The third kappa shape index (κ3) is 4.39. The fraction of sp³-hybridized carbons (Fsp3) is 0.333. The molecule has 0 bridgehead atoms. The highest BCUT2D eigenvalue weighted by Crippen LogP contribution is 2.29. The van der Waals surface area contributed by atoms with Crippen molar-refractivity contribution >= 4 is 44.1 Å². The lowest BCUT2D eigenvalue weighted by Gasteiger charge is -2.30. The van der Waals surface area contributed by atoms with Crippen LogP contribution in [0.3, 0.4) is 0 Å². The SMILES string of the molecule is CC(C)CN(C(C)c1nc2cc(Cl)ccc2c(=O)n1C)S(=O)(=O)c1ccc(Cl)cc1. The average Bonchev–Trinajstić information content (AvgIpc) is 2.68. The summed E-state index contributed by atoms with van der Waals surface area (Å²) in [7, 11) is -2.26. The molecule has 0 N–H and O–H groups in total. The first-order valence-corrected chi connectivity index (χ1v) is 11.7. The van der Waals surface area contributed by atoms with Crippen LogP contribution in [-0.2, 0) is 17.1 Å². The van der Waals surface area contributed by atoms with Crippen LogP contribution in [-0.4, -0.2) is 28.8 Å². The van der Waals surface area contributed by atoms with Gasteiger partial charge >= 0.3 is 0 Å². The minimum atomic E-state index is -3.86. The van der Waals surface area contributed by atoms with E-state index in [4.69, 9.17) is 23.2 Å². The fourth-order valence-corrected chi connectivity index (χ4v) is 5.38. The molecule has 6 nitrogen and oxygen atoms in total. The van der Waals surface area contributed by atoms with Gasteiger partial charge in [0.05, 0.1) is 21.8 Å². The number of benzene rings is 2. The van der Waals surface area contributed by atoms with E-state index < -0.39 is 16.1 Å². The van der Waals surface area contributed by atoms with Gasteiger partial charge in [0.1, 0.15) is 5.82 Å². The van der Waals surface area contributed by atoms with Crippen molar-refractivity contribution in [1.82, 2.24) is 13.9 Å². The van der Waals surface area contributed by atoms with Gasteiger partial charge in [-0.1, -0.05) is 37.0 Å². The van der Waals surface area contributed by atoms with Crippen LogP contribution in [0.5, 0.6) is 0 Å². The smallest absolute Gasteiger partial charge is 0.261 e. The first kappa shape index (κ1) is 22.7. The van der Waals surface area contributed by atoms with Gasteiger partial charge in [-0.05, 0) is 55.3 Å². The number of aromatic nitrogens is 2. The molecule has 1 heterocycles. The number of sulfonamides is 1. The molecule has 160 valence electrons. The molecule has 2 aromatic carbocycles. The molecule has 0 aliphatic rings. The zero-order valence-corrected chi connectivity index (χ0v) is 19.5. The van der Waals surface area contributed by atoms with Gasteiger partial charge in [0, 0.05) is 23.6 Å². The van der Waals surface area contributed by atoms with Gasteiger partial charge in [0.15, 0.2) is 0 Å². The lowest BCUT2D eigenvalue weighted by Crippen LogP contribution is -2.39. The Labute approximate surface area is 186 Å². The van der Waals surface area contributed by atoms with Crippen molar-refractivity contribution in [3.63, 3.8) is 0 Å². The topological polar surface area (TPSA) is 72.3 Å². The summed E-state index contributed by atoms with van der Waals surface area (Å²) in [6.45, 7) is 5.86. The van der Waals surface area contributed by atoms with Crippen molar-refractivity contribution < 1.29 is 8.42 Å². The molecular formula is C21H23Cl2N3O3S. The Kier molecular flexibility index (Phi) is 6.57. The normalized spacial score (nSPS) is 13.3. The molecule has 0 fully saturated rings. The average molecular weight is 468 g/mol. The van der Waals surface area contributed by atoms with E-state index in [9.17, 15) is 13.2 Å². The van der Waals surface area contributed by atoms with E-state index in [1.54, 1.807) is 44.3 Å². The molecular weight excluding hydrogens is 445 g/mol. The molecule has 0 aliphatic heterocycles. The Morgan fingerprint density at radius 1 is 1.03 bits per heavy atom. The number of fused-ring (bicyclic) bond motifs is 1. The first-order chi connectivity index (χ1) is 14.0. The maximum absolute atomic E-state index is 13.5. The summed E-state index contributed by atoms with van der Waals surface area (Å²) in [6.07, 6.45) is 0. The quantitative estimate of drug-likeness (QED) is 0.528. The summed E-state index contributed by atoms with van der Waals surface area (Å²) in [5.41, 5.74) is 0.174. The second kappa shape index (κ2) is 8.67. The van der Waals surface area contributed by atoms with E-state index in [-0.39, 0.29) is 22.9 Å². The van der Waals surface area contributed by atoms with Gasteiger partial charge in [-0.15, -0.1) is 0 Å². The van der Waals surface area contributed by atoms with E-state index >= 15 is 0 Å². The molecule has 1 unspecified atom stereocenters. The summed E-state index contributed by atoms with van der Waals surface area (Å²) in [5, 5.41) is 1.33. The molecule has 30 heavy (non-hydrogen) atoms. The molecule has 3 aromatic rings. The Hall–Kier alpha value is -1.93. The van der Waals surface area contributed by atoms with E-state index in [0.29, 0.717) is 26.8 Å². The van der Waals surface area contributed by atoms with Crippen LogP contribution in [0.4, 0.5) is 0 Å². The number of nitrogens with zero attached hydrogens (tertiary/aromatic N) is 3. The van der Waals surface area contributed by atoms with Crippen molar-refractivity contribution in [3.05, 3.63) is 68.7 Å². The maximum atomic E-state index is 13.5. The van der Waals surface area contributed by atoms with Crippen LogP contribution >= 0.6 is 23.2 Å². The molecule has 0 aliphatic carbocycles. The molecule has 1 atom stereocenters. The zero-order chi connectivity index (χ0) is 22.2. The highest BCUT2D eigenvalue weighted by Gasteiger charge is 2.32. The number of halogens is 2. The van der Waals surface area contributed by atoms with Crippen molar-refractivity contribution in [1.29, 1.82) is 0 Å². The molecule has 0 radical (unpaired) electrons. The summed E-state index contributed by atoms with van der Waals surface area (Å²) in [4.78, 5) is 17.6. The second-order valence-electron chi connectivity index (χ2n) is 7.59. The molecule has 0 amide bonds. The van der Waals surface area contributed by atoms with E-state index in [0.717, 1.165) is 0 Å². The van der Waals surface area contributed by atoms with Crippen LogP contribution in [0.25, 0.3) is 10.9 Å². The summed E-state index contributed by atoms with van der Waals surface area (Å²) >= 11 is 12.0. The summed E-state index contributed by atoms with van der Waals surface area (Å²) in [6, 6.07) is 10.2. The third-order valence-corrected chi connectivity index (χ3v) is 7.28. The Balaban J connectivity index is 2.17. The Morgan fingerprint density at radius 3 is 2.23 bits per heavy atom. The highest BCUT2D eigenvalue weighted by molar-refractivity contribution is 7.89. The predicted molar refractivity (Wildman–Crippen MR) is 121 cm³/mol. The minimum absolute atomic E-state index is 0.0569. The molecule has 3 rings (SSSR count). The van der Waals surface area contributed by atoms with E-state index in [1.165, 1.54) is 21.0 Å². The maximum Gasteiger partial charge on any atom is 0.261 e.